The summed E-state index contributed by atoms with van der Waals surface area (Å²) in [7, 11) is 0. The zero-order valence-corrected chi connectivity index (χ0v) is 11.5. The minimum Gasteiger partial charge on any atom is -0.351 e. The van der Waals surface area contributed by atoms with E-state index in [9.17, 15) is 13.2 Å². The Kier molecular flexibility index (Phi) is 3.49. The maximum absolute atomic E-state index is 13.1. The number of anilines is 1. The molecule has 21 heavy (non-hydrogen) atoms. The summed E-state index contributed by atoms with van der Waals surface area (Å²) in [5.41, 5.74) is 0.262. The summed E-state index contributed by atoms with van der Waals surface area (Å²) in [5.74, 6) is 0.381. The molecule has 1 aromatic heterocycles. The van der Waals surface area contributed by atoms with Crippen LogP contribution in [0.1, 0.15) is 16.7 Å². The van der Waals surface area contributed by atoms with E-state index >= 15 is 0 Å². The van der Waals surface area contributed by atoms with Gasteiger partial charge in [0, 0.05) is 29.5 Å². The summed E-state index contributed by atoms with van der Waals surface area (Å²) in [6.07, 6.45) is -0.767. The third kappa shape index (κ3) is 2.95. The topological polar surface area (TPSA) is 37.8 Å². The highest BCUT2D eigenvalue weighted by atomic mass is 35.5. The Labute approximate surface area is 124 Å². The summed E-state index contributed by atoms with van der Waals surface area (Å²) in [6.45, 7) is 0. The minimum absolute atomic E-state index is 0.104. The minimum atomic E-state index is -4.40. The van der Waals surface area contributed by atoms with Gasteiger partial charge in [0.25, 0.3) is 0 Å². The first-order chi connectivity index (χ1) is 9.93. The van der Waals surface area contributed by atoms with Crippen molar-refractivity contribution in [3.63, 3.8) is 0 Å². The van der Waals surface area contributed by atoms with Crippen LogP contribution in [0.5, 0.6) is 0 Å². The van der Waals surface area contributed by atoms with Crippen LogP contribution in [0.3, 0.4) is 0 Å². The fraction of sp³-hybridized carbons (Fsp3) is 0.286. The van der Waals surface area contributed by atoms with Crippen molar-refractivity contribution in [2.75, 3.05) is 5.32 Å². The number of nitrogens with zero attached hydrogens (tertiary/aromatic N) is 2. The lowest BCUT2D eigenvalue weighted by atomic mass is 10.0. The fourth-order valence-electron chi connectivity index (χ4n) is 2.58. The zero-order valence-electron chi connectivity index (χ0n) is 10.7. The first kappa shape index (κ1) is 14.1. The second kappa shape index (κ2) is 5.18. The highest BCUT2D eigenvalue weighted by Crippen LogP contribution is 2.39. The average Bonchev–Trinajstić information content (AvgIpc) is 2.79. The molecule has 0 fully saturated rings. The molecule has 0 saturated carbocycles. The lowest BCUT2D eigenvalue weighted by Gasteiger charge is -2.13. The second-order valence-corrected chi connectivity index (χ2v) is 5.28. The molecule has 1 atom stereocenters. The summed E-state index contributed by atoms with van der Waals surface area (Å²) >= 11 is 5.79. The molecule has 1 unspecified atom stereocenters. The number of nitrogens with one attached hydrogen (secondary N) is 1. The van der Waals surface area contributed by atoms with Crippen LogP contribution in [0.25, 0.3) is 0 Å². The molecule has 1 aliphatic carbocycles. The van der Waals surface area contributed by atoms with Crippen LogP contribution in [-0.2, 0) is 19.0 Å². The molecular formula is C14H10ClF3N3. The van der Waals surface area contributed by atoms with Gasteiger partial charge >= 0.3 is 6.18 Å². The van der Waals surface area contributed by atoms with Crippen LogP contribution in [0.2, 0.25) is 5.02 Å². The molecule has 1 heterocycles. The van der Waals surface area contributed by atoms with Crippen LogP contribution < -0.4 is 5.32 Å². The summed E-state index contributed by atoms with van der Waals surface area (Å²) in [4.78, 5) is 7.94. The fourth-order valence-corrected chi connectivity index (χ4v) is 2.82. The SMILES string of the molecule is FC(F)(F)c1cc(Cl)cc2c1CC(Nc1nc[c]cn1)C2. The van der Waals surface area contributed by atoms with E-state index in [2.05, 4.69) is 21.4 Å². The van der Waals surface area contributed by atoms with Crippen molar-refractivity contribution in [2.24, 2.45) is 0 Å². The Hall–Kier alpha value is -1.82. The van der Waals surface area contributed by atoms with Crippen molar-refractivity contribution in [1.29, 1.82) is 0 Å². The van der Waals surface area contributed by atoms with Crippen molar-refractivity contribution >= 4 is 17.5 Å². The molecule has 0 aliphatic heterocycles. The first-order valence-electron chi connectivity index (χ1n) is 6.26. The van der Waals surface area contributed by atoms with Crippen LogP contribution in [0.4, 0.5) is 19.1 Å². The maximum atomic E-state index is 13.1. The lowest BCUT2D eigenvalue weighted by Crippen LogP contribution is -2.21. The Bertz CT molecular complexity index is 659. The van der Waals surface area contributed by atoms with Crippen molar-refractivity contribution in [3.05, 3.63) is 52.3 Å². The van der Waals surface area contributed by atoms with E-state index in [1.165, 1.54) is 12.4 Å². The van der Waals surface area contributed by atoms with Crippen molar-refractivity contribution < 1.29 is 13.2 Å². The molecule has 0 spiro atoms. The molecule has 1 radical (unpaired) electrons. The molecule has 1 N–H and O–H groups in total. The summed E-state index contributed by atoms with van der Waals surface area (Å²) in [5, 5.41) is 3.14. The van der Waals surface area contributed by atoms with Gasteiger partial charge in [-0.05, 0) is 36.1 Å². The third-order valence-corrected chi connectivity index (χ3v) is 3.60. The Morgan fingerprint density at radius 2 is 1.90 bits per heavy atom. The molecule has 1 aliphatic rings. The Morgan fingerprint density at radius 3 is 2.57 bits per heavy atom. The standard InChI is InChI=1S/C14H10ClF3N3/c15-9-4-8-5-10(21-13-19-2-1-3-20-13)7-11(8)12(6-9)14(16,17)18/h2-4,6,10H,5,7H2,(H,19,20,21). The van der Waals surface area contributed by atoms with Gasteiger partial charge in [0.1, 0.15) is 0 Å². The molecule has 7 heteroatoms. The Morgan fingerprint density at radius 1 is 1.19 bits per heavy atom. The molecule has 109 valence electrons. The van der Waals surface area contributed by atoms with Crippen LogP contribution in [-0.4, -0.2) is 16.0 Å². The van der Waals surface area contributed by atoms with Crippen LogP contribution in [0.15, 0.2) is 24.5 Å². The van der Waals surface area contributed by atoms with E-state index in [1.807, 2.05) is 0 Å². The van der Waals surface area contributed by atoms with E-state index in [0.29, 0.717) is 23.5 Å². The number of hydrogen-bond donors (Lipinski definition) is 1. The molecule has 3 nitrogen and oxygen atoms in total. The number of benzene rings is 1. The van der Waals surface area contributed by atoms with Gasteiger partial charge in [-0.2, -0.15) is 13.2 Å². The molecule has 0 bridgehead atoms. The highest BCUT2D eigenvalue weighted by Gasteiger charge is 2.37. The second-order valence-electron chi connectivity index (χ2n) is 4.84. The van der Waals surface area contributed by atoms with E-state index in [4.69, 9.17) is 11.6 Å². The summed E-state index contributed by atoms with van der Waals surface area (Å²) < 4.78 is 39.2. The average molecular weight is 313 g/mol. The van der Waals surface area contributed by atoms with Crippen LogP contribution >= 0.6 is 11.6 Å². The van der Waals surface area contributed by atoms with Gasteiger partial charge < -0.3 is 5.32 Å². The number of hydrogen-bond acceptors (Lipinski definition) is 3. The van der Waals surface area contributed by atoms with Gasteiger partial charge in [-0.3, -0.25) is 0 Å². The first-order valence-corrected chi connectivity index (χ1v) is 6.64. The molecular weight excluding hydrogens is 303 g/mol. The molecule has 3 rings (SSSR count). The molecule has 2 aromatic rings. The van der Waals surface area contributed by atoms with Crippen molar-refractivity contribution in [1.82, 2.24) is 9.97 Å². The molecule has 0 saturated heterocycles. The van der Waals surface area contributed by atoms with Gasteiger partial charge in [0.15, 0.2) is 0 Å². The largest absolute Gasteiger partial charge is 0.416 e. The number of rotatable bonds is 2. The maximum Gasteiger partial charge on any atom is 0.416 e. The van der Waals surface area contributed by atoms with Crippen LogP contribution in [0, 0.1) is 6.07 Å². The number of fused-ring (bicyclic) bond motifs is 1. The van der Waals surface area contributed by atoms with E-state index in [-0.39, 0.29) is 17.5 Å². The Balaban J connectivity index is 1.87. The normalized spacial score (nSPS) is 17.6. The predicted molar refractivity (Wildman–Crippen MR) is 72.1 cm³/mol. The quantitative estimate of drug-likeness (QED) is 0.922. The van der Waals surface area contributed by atoms with Crippen molar-refractivity contribution in [2.45, 2.75) is 25.1 Å². The van der Waals surface area contributed by atoms with E-state index in [1.54, 1.807) is 6.07 Å². The summed E-state index contributed by atoms with van der Waals surface area (Å²) in [6, 6.07) is 5.08. The monoisotopic (exact) mass is 312 g/mol. The number of halogens is 4. The predicted octanol–water partition coefficient (Wildman–Crippen LogP) is 3.53. The van der Waals surface area contributed by atoms with Gasteiger partial charge in [-0.1, -0.05) is 11.6 Å². The smallest absolute Gasteiger partial charge is 0.351 e. The molecule has 0 amide bonds. The zero-order chi connectivity index (χ0) is 15.0. The van der Waals surface area contributed by atoms with E-state index in [0.717, 1.165) is 6.07 Å². The van der Waals surface area contributed by atoms with Gasteiger partial charge in [-0.15, -0.1) is 0 Å². The lowest BCUT2D eigenvalue weighted by molar-refractivity contribution is -0.138. The number of alkyl halides is 3. The van der Waals surface area contributed by atoms with Gasteiger partial charge in [-0.25, -0.2) is 9.97 Å². The van der Waals surface area contributed by atoms with E-state index < -0.39 is 11.7 Å². The molecule has 1 aromatic carbocycles. The number of aromatic nitrogens is 2. The van der Waals surface area contributed by atoms with Gasteiger partial charge in [0.2, 0.25) is 5.95 Å². The van der Waals surface area contributed by atoms with Crippen molar-refractivity contribution in [3.8, 4) is 0 Å². The van der Waals surface area contributed by atoms with Gasteiger partial charge in [0.05, 0.1) is 5.56 Å². The third-order valence-electron chi connectivity index (χ3n) is 3.39. The highest BCUT2D eigenvalue weighted by molar-refractivity contribution is 6.30.